The van der Waals surface area contributed by atoms with Crippen LogP contribution in [-0.4, -0.2) is 21.5 Å². The van der Waals surface area contributed by atoms with Gasteiger partial charge in [0.25, 0.3) is 0 Å². The first-order chi connectivity index (χ1) is 7.63. The first-order valence-electron chi connectivity index (χ1n) is 5.86. The molecule has 0 amide bonds. The molecule has 0 aromatic heterocycles. The van der Waals surface area contributed by atoms with E-state index >= 15 is 0 Å². The summed E-state index contributed by atoms with van der Waals surface area (Å²) in [5.41, 5.74) is 0. The second kappa shape index (κ2) is 9.88. The molecular weight excluding hydrogens is 313 g/mol. The van der Waals surface area contributed by atoms with Crippen LogP contribution in [0.2, 0.25) is 0 Å². The summed E-state index contributed by atoms with van der Waals surface area (Å²) in [5.74, 6) is 3.00. The molecule has 0 N–H and O–H groups in total. The van der Waals surface area contributed by atoms with Crippen molar-refractivity contribution in [1.82, 2.24) is 5.01 Å². The molecule has 0 spiro atoms. The van der Waals surface area contributed by atoms with Crippen LogP contribution in [0.15, 0.2) is 10.3 Å². The molecule has 0 aliphatic carbocycles. The van der Waals surface area contributed by atoms with Gasteiger partial charge in [-0.3, -0.25) is 5.01 Å². The highest BCUT2D eigenvalue weighted by molar-refractivity contribution is 14.1. The molecule has 1 unspecified atom stereocenters. The predicted octanol–water partition coefficient (Wildman–Crippen LogP) is 4.04. The number of rotatable bonds is 6. The Morgan fingerprint density at radius 3 is 2.50 bits per heavy atom. The number of hydrogen-bond donors (Lipinski definition) is 0. The third-order valence-electron chi connectivity index (χ3n) is 2.14. The maximum Gasteiger partial charge on any atom is 0.0593 e. The topological polar surface area (TPSA) is 28.0 Å². The summed E-state index contributed by atoms with van der Waals surface area (Å²) < 4.78 is 1.04. The van der Waals surface area contributed by atoms with Crippen molar-refractivity contribution >= 4 is 22.6 Å². The Morgan fingerprint density at radius 1 is 1.31 bits per heavy atom. The SMILES string of the molecule is CCCCC#CN=NN(C(C)C)C(C)CI. The van der Waals surface area contributed by atoms with Gasteiger partial charge in [-0.2, -0.15) is 0 Å². The molecule has 0 radical (unpaired) electrons. The fourth-order valence-corrected chi connectivity index (χ4v) is 1.61. The summed E-state index contributed by atoms with van der Waals surface area (Å²) in [5, 5.41) is 10.1. The van der Waals surface area contributed by atoms with Crippen molar-refractivity contribution < 1.29 is 0 Å². The van der Waals surface area contributed by atoms with Crippen LogP contribution in [0.5, 0.6) is 0 Å². The van der Waals surface area contributed by atoms with Crippen molar-refractivity contribution in [2.75, 3.05) is 4.43 Å². The van der Waals surface area contributed by atoms with E-state index in [0.717, 1.165) is 17.3 Å². The van der Waals surface area contributed by atoms with Crippen LogP contribution in [-0.2, 0) is 0 Å². The quantitative estimate of drug-likeness (QED) is 0.180. The van der Waals surface area contributed by atoms with E-state index in [2.05, 4.69) is 72.6 Å². The van der Waals surface area contributed by atoms with E-state index in [1.807, 2.05) is 5.01 Å². The molecule has 0 aliphatic heterocycles. The van der Waals surface area contributed by atoms with Gasteiger partial charge in [0.15, 0.2) is 0 Å². The van der Waals surface area contributed by atoms with Crippen LogP contribution < -0.4 is 0 Å². The summed E-state index contributed by atoms with van der Waals surface area (Å²) in [6, 6.07) is 3.52. The van der Waals surface area contributed by atoms with Gasteiger partial charge in [0.2, 0.25) is 0 Å². The molecule has 0 fully saturated rings. The highest BCUT2D eigenvalue weighted by Gasteiger charge is 2.13. The summed E-state index contributed by atoms with van der Waals surface area (Å²) in [4.78, 5) is 0. The maximum atomic E-state index is 4.17. The average molecular weight is 335 g/mol. The van der Waals surface area contributed by atoms with Crippen molar-refractivity contribution in [3.05, 3.63) is 0 Å². The van der Waals surface area contributed by atoms with Crippen LogP contribution in [0.1, 0.15) is 47.0 Å². The zero-order valence-corrected chi connectivity index (χ0v) is 12.9. The molecule has 0 aliphatic rings. The molecule has 3 nitrogen and oxygen atoms in total. The minimum Gasteiger partial charge on any atom is -0.272 e. The Bertz CT molecular complexity index is 253. The van der Waals surface area contributed by atoms with Gasteiger partial charge in [0.1, 0.15) is 0 Å². The van der Waals surface area contributed by atoms with Gasteiger partial charge < -0.3 is 0 Å². The Labute approximate surface area is 113 Å². The van der Waals surface area contributed by atoms with Crippen LogP contribution in [0.4, 0.5) is 0 Å². The zero-order valence-electron chi connectivity index (χ0n) is 10.7. The average Bonchev–Trinajstić information content (AvgIpc) is 2.26. The summed E-state index contributed by atoms with van der Waals surface area (Å²) in [6.45, 7) is 8.54. The zero-order chi connectivity index (χ0) is 12.4. The lowest BCUT2D eigenvalue weighted by Gasteiger charge is -2.26. The minimum atomic E-state index is 0.367. The largest absolute Gasteiger partial charge is 0.272 e. The van der Waals surface area contributed by atoms with Gasteiger partial charge in [0.05, 0.1) is 12.1 Å². The van der Waals surface area contributed by atoms with Crippen molar-refractivity contribution in [2.45, 2.75) is 59.0 Å². The van der Waals surface area contributed by atoms with Crippen molar-refractivity contribution in [1.29, 1.82) is 0 Å². The van der Waals surface area contributed by atoms with Gasteiger partial charge in [-0.1, -0.05) is 52.2 Å². The number of alkyl halides is 1. The Kier molecular flexibility index (Phi) is 9.69. The Morgan fingerprint density at radius 2 is 2.00 bits per heavy atom. The predicted molar refractivity (Wildman–Crippen MR) is 77.5 cm³/mol. The number of hydrogen-bond acceptors (Lipinski definition) is 2. The normalized spacial score (nSPS) is 12.6. The van der Waals surface area contributed by atoms with Crippen LogP contribution in [0.25, 0.3) is 0 Å². The lowest BCUT2D eigenvalue weighted by Crippen LogP contribution is -2.34. The lowest BCUT2D eigenvalue weighted by atomic mass is 10.3. The molecule has 0 saturated heterocycles. The maximum absolute atomic E-state index is 4.17. The van der Waals surface area contributed by atoms with Crippen molar-refractivity contribution in [2.24, 2.45) is 10.3 Å². The van der Waals surface area contributed by atoms with Gasteiger partial charge >= 0.3 is 0 Å². The minimum absolute atomic E-state index is 0.367. The van der Waals surface area contributed by atoms with E-state index in [9.17, 15) is 0 Å². The van der Waals surface area contributed by atoms with E-state index in [1.54, 1.807) is 0 Å². The van der Waals surface area contributed by atoms with Gasteiger partial charge in [-0.05, 0) is 27.2 Å². The molecule has 92 valence electrons. The van der Waals surface area contributed by atoms with Crippen molar-refractivity contribution in [3.8, 4) is 12.0 Å². The first kappa shape index (κ1) is 15.7. The van der Waals surface area contributed by atoms with E-state index in [4.69, 9.17) is 0 Å². The van der Waals surface area contributed by atoms with E-state index in [1.165, 1.54) is 6.42 Å². The molecule has 0 aromatic carbocycles. The third-order valence-corrected chi connectivity index (χ3v) is 3.41. The fourth-order valence-electron chi connectivity index (χ4n) is 1.20. The summed E-state index contributed by atoms with van der Waals surface area (Å²) in [7, 11) is 0. The molecule has 0 saturated carbocycles. The highest BCUT2D eigenvalue weighted by atomic mass is 127. The Balaban J connectivity index is 4.16. The second-order valence-corrected chi connectivity index (χ2v) is 4.94. The fraction of sp³-hybridized carbons (Fsp3) is 0.833. The molecule has 0 rings (SSSR count). The van der Waals surface area contributed by atoms with Crippen LogP contribution in [0, 0.1) is 12.0 Å². The highest BCUT2D eigenvalue weighted by Crippen LogP contribution is 2.08. The van der Waals surface area contributed by atoms with E-state index < -0.39 is 0 Å². The molecule has 0 aromatic rings. The number of unbranched alkanes of at least 4 members (excludes halogenated alkanes) is 2. The molecule has 4 heteroatoms. The standard InChI is InChI=1S/C12H22IN3/c1-5-6-7-8-9-14-15-16(11(2)3)12(4)10-13/h11-12H,5-7,10H2,1-4H3. The second-order valence-electron chi connectivity index (χ2n) is 4.06. The lowest BCUT2D eigenvalue weighted by molar-refractivity contribution is 0.174. The van der Waals surface area contributed by atoms with Gasteiger partial charge in [-0.15, -0.1) is 0 Å². The van der Waals surface area contributed by atoms with E-state index in [0.29, 0.717) is 12.1 Å². The summed E-state index contributed by atoms with van der Waals surface area (Å²) >= 11 is 2.36. The smallest absolute Gasteiger partial charge is 0.0593 e. The number of nitrogens with zero attached hydrogens (tertiary/aromatic N) is 3. The molecular formula is C12H22IN3. The summed E-state index contributed by atoms with van der Waals surface area (Å²) in [6.07, 6.45) is 3.23. The molecule has 0 bridgehead atoms. The monoisotopic (exact) mass is 335 g/mol. The Hall–Kier alpha value is -0.310. The van der Waals surface area contributed by atoms with Gasteiger partial charge in [-0.25, -0.2) is 0 Å². The molecule has 16 heavy (non-hydrogen) atoms. The first-order valence-corrected chi connectivity index (χ1v) is 7.38. The van der Waals surface area contributed by atoms with Crippen LogP contribution in [0.3, 0.4) is 0 Å². The van der Waals surface area contributed by atoms with E-state index in [-0.39, 0.29) is 0 Å². The molecule has 0 heterocycles. The van der Waals surface area contributed by atoms with Crippen LogP contribution >= 0.6 is 22.6 Å². The number of halogens is 1. The third kappa shape index (κ3) is 7.04. The van der Waals surface area contributed by atoms with Gasteiger partial charge in [0, 0.05) is 16.9 Å². The molecule has 1 atom stereocenters. The van der Waals surface area contributed by atoms with Crippen molar-refractivity contribution in [3.63, 3.8) is 0 Å².